The molecule has 0 spiro atoms. The van der Waals surface area contributed by atoms with E-state index >= 15 is 0 Å². The number of hydrogen-bond acceptors (Lipinski definition) is 3. The van der Waals surface area contributed by atoms with Gasteiger partial charge in [0.1, 0.15) is 5.82 Å². The van der Waals surface area contributed by atoms with Crippen molar-refractivity contribution in [2.24, 2.45) is 5.92 Å². The predicted octanol–water partition coefficient (Wildman–Crippen LogP) is 4.18. The third-order valence-corrected chi connectivity index (χ3v) is 4.02. The zero-order chi connectivity index (χ0) is 12.5. The van der Waals surface area contributed by atoms with Crippen LogP contribution in [0.4, 0.5) is 5.82 Å². The summed E-state index contributed by atoms with van der Waals surface area (Å²) in [4.78, 5) is 4.60. The number of pyridine rings is 1. The highest BCUT2D eigenvalue weighted by atomic mass is 32.2. The van der Waals surface area contributed by atoms with Crippen molar-refractivity contribution in [1.82, 2.24) is 4.98 Å². The van der Waals surface area contributed by atoms with Crippen molar-refractivity contribution < 1.29 is 0 Å². The third kappa shape index (κ3) is 5.97. The van der Waals surface area contributed by atoms with Gasteiger partial charge in [-0.25, -0.2) is 4.98 Å². The van der Waals surface area contributed by atoms with E-state index in [9.17, 15) is 0 Å². The van der Waals surface area contributed by atoms with E-state index in [1.807, 2.05) is 17.8 Å². The Morgan fingerprint density at radius 2 is 2.18 bits per heavy atom. The van der Waals surface area contributed by atoms with Gasteiger partial charge in [-0.05, 0) is 30.2 Å². The van der Waals surface area contributed by atoms with Crippen molar-refractivity contribution in [1.29, 1.82) is 0 Å². The Hall–Kier alpha value is -0.700. The zero-order valence-corrected chi connectivity index (χ0v) is 12.0. The summed E-state index contributed by atoms with van der Waals surface area (Å²) in [7, 11) is 0. The molecule has 0 fully saturated rings. The number of thioether (sulfide) groups is 1. The van der Waals surface area contributed by atoms with E-state index in [4.69, 9.17) is 0 Å². The first kappa shape index (κ1) is 14.4. The van der Waals surface area contributed by atoms with Crippen molar-refractivity contribution in [3.63, 3.8) is 0 Å². The summed E-state index contributed by atoms with van der Waals surface area (Å²) in [5.41, 5.74) is 1.18. The van der Waals surface area contributed by atoms with E-state index in [1.54, 1.807) is 0 Å². The lowest BCUT2D eigenvalue weighted by Crippen LogP contribution is -2.03. The SMILES string of the molecule is CCCNc1cccc(CSCC(C)CC)n1. The normalized spacial score (nSPS) is 12.4. The molecule has 2 nitrogen and oxygen atoms in total. The fraction of sp³-hybridized carbons (Fsp3) is 0.643. The molecule has 0 amide bonds. The number of rotatable bonds is 8. The average molecular weight is 252 g/mol. The topological polar surface area (TPSA) is 24.9 Å². The molecular weight excluding hydrogens is 228 g/mol. The summed E-state index contributed by atoms with van der Waals surface area (Å²) in [5, 5.41) is 3.32. The molecule has 0 aliphatic rings. The Kier molecular flexibility index (Phi) is 7.10. The van der Waals surface area contributed by atoms with Gasteiger partial charge in [0.25, 0.3) is 0 Å². The largest absolute Gasteiger partial charge is 0.370 e. The quantitative estimate of drug-likeness (QED) is 0.751. The van der Waals surface area contributed by atoms with E-state index < -0.39 is 0 Å². The zero-order valence-electron chi connectivity index (χ0n) is 11.2. The fourth-order valence-corrected chi connectivity index (χ4v) is 2.52. The average Bonchev–Trinajstić information content (AvgIpc) is 2.36. The minimum atomic E-state index is 0.807. The fourth-order valence-electron chi connectivity index (χ4n) is 1.39. The standard InChI is InChI=1S/C14H24N2S/c1-4-9-15-14-8-6-7-13(16-14)11-17-10-12(3)5-2/h6-8,12H,4-5,9-11H2,1-3H3,(H,15,16). The second kappa shape index (κ2) is 8.40. The molecular formula is C14H24N2S. The second-order valence-corrected chi connectivity index (χ2v) is 5.50. The molecule has 0 radical (unpaired) electrons. The number of anilines is 1. The number of nitrogens with one attached hydrogen (secondary N) is 1. The molecule has 1 rings (SSSR count). The number of hydrogen-bond donors (Lipinski definition) is 1. The predicted molar refractivity (Wildman–Crippen MR) is 78.6 cm³/mol. The molecule has 1 aromatic heterocycles. The molecule has 0 aromatic carbocycles. The minimum absolute atomic E-state index is 0.807. The molecule has 1 aromatic rings. The van der Waals surface area contributed by atoms with Crippen LogP contribution in [0.1, 0.15) is 39.3 Å². The summed E-state index contributed by atoms with van der Waals surface area (Å²) in [6, 6.07) is 6.24. The first-order chi connectivity index (χ1) is 8.26. The van der Waals surface area contributed by atoms with Crippen LogP contribution < -0.4 is 5.32 Å². The van der Waals surface area contributed by atoms with Gasteiger partial charge >= 0.3 is 0 Å². The van der Waals surface area contributed by atoms with Gasteiger partial charge in [-0.1, -0.05) is 33.3 Å². The Morgan fingerprint density at radius 3 is 2.88 bits per heavy atom. The van der Waals surface area contributed by atoms with E-state index in [-0.39, 0.29) is 0 Å². The van der Waals surface area contributed by atoms with Crippen LogP contribution in [0.5, 0.6) is 0 Å². The first-order valence-corrected chi connectivity index (χ1v) is 7.69. The van der Waals surface area contributed by atoms with Gasteiger partial charge in [0.05, 0.1) is 5.69 Å². The smallest absolute Gasteiger partial charge is 0.126 e. The van der Waals surface area contributed by atoms with Gasteiger partial charge in [0.2, 0.25) is 0 Å². The van der Waals surface area contributed by atoms with E-state index in [0.717, 1.165) is 30.5 Å². The van der Waals surface area contributed by atoms with Crippen LogP contribution in [0.25, 0.3) is 0 Å². The molecule has 0 saturated carbocycles. The first-order valence-electron chi connectivity index (χ1n) is 6.53. The van der Waals surface area contributed by atoms with E-state index in [0.29, 0.717) is 0 Å². The van der Waals surface area contributed by atoms with Gasteiger partial charge in [-0.15, -0.1) is 0 Å². The molecule has 0 aliphatic heterocycles. The summed E-state index contributed by atoms with van der Waals surface area (Å²) >= 11 is 1.98. The molecule has 1 atom stereocenters. The summed E-state index contributed by atoms with van der Waals surface area (Å²) in [6.07, 6.45) is 2.40. The van der Waals surface area contributed by atoms with Crippen molar-refractivity contribution in [2.45, 2.75) is 39.4 Å². The Morgan fingerprint density at radius 1 is 1.35 bits per heavy atom. The van der Waals surface area contributed by atoms with Crippen LogP contribution in [0.15, 0.2) is 18.2 Å². The molecule has 17 heavy (non-hydrogen) atoms. The highest BCUT2D eigenvalue weighted by Gasteiger charge is 2.01. The van der Waals surface area contributed by atoms with Crippen LogP contribution in [-0.4, -0.2) is 17.3 Å². The third-order valence-electron chi connectivity index (χ3n) is 2.71. The molecule has 1 heterocycles. The molecule has 0 saturated heterocycles. The Balaban J connectivity index is 2.37. The van der Waals surface area contributed by atoms with E-state index in [1.165, 1.54) is 17.9 Å². The summed E-state index contributed by atoms with van der Waals surface area (Å²) in [5.74, 6) is 4.06. The minimum Gasteiger partial charge on any atom is -0.370 e. The van der Waals surface area contributed by atoms with Crippen molar-refractivity contribution in [3.05, 3.63) is 23.9 Å². The van der Waals surface area contributed by atoms with Crippen LogP contribution in [0.3, 0.4) is 0 Å². The molecule has 1 N–H and O–H groups in total. The van der Waals surface area contributed by atoms with Gasteiger partial charge in [0, 0.05) is 12.3 Å². The molecule has 0 bridgehead atoms. The highest BCUT2D eigenvalue weighted by Crippen LogP contribution is 2.17. The lowest BCUT2D eigenvalue weighted by Gasteiger charge is -2.08. The summed E-state index contributed by atoms with van der Waals surface area (Å²) < 4.78 is 0. The van der Waals surface area contributed by atoms with Crippen molar-refractivity contribution >= 4 is 17.6 Å². The van der Waals surface area contributed by atoms with Crippen LogP contribution in [0, 0.1) is 5.92 Å². The monoisotopic (exact) mass is 252 g/mol. The maximum Gasteiger partial charge on any atom is 0.126 e. The van der Waals surface area contributed by atoms with Gasteiger partial charge < -0.3 is 5.32 Å². The second-order valence-electron chi connectivity index (χ2n) is 4.47. The maximum absolute atomic E-state index is 4.60. The lowest BCUT2D eigenvalue weighted by molar-refractivity contribution is 0.637. The van der Waals surface area contributed by atoms with Gasteiger partial charge in [-0.2, -0.15) is 11.8 Å². The van der Waals surface area contributed by atoms with Crippen molar-refractivity contribution in [2.75, 3.05) is 17.6 Å². The lowest BCUT2D eigenvalue weighted by atomic mass is 10.2. The maximum atomic E-state index is 4.60. The highest BCUT2D eigenvalue weighted by molar-refractivity contribution is 7.98. The molecule has 0 aliphatic carbocycles. The van der Waals surface area contributed by atoms with Crippen molar-refractivity contribution in [3.8, 4) is 0 Å². The van der Waals surface area contributed by atoms with Gasteiger partial charge in [0.15, 0.2) is 0 Å². The Labute approximate surface area is 110 Å². The molecule has 3 heteroatoms. The molecule has 1 unspecified atom stereocenters. The Bertz CT molecular complexity index is 315. The van der Waals surface area contributed by atoms with Crippen LogP contribution in [0.2, 0.25) is 0 Å². The van der Waals surface area contributed by atoms with Crippen LogP contribution >= 0.6 is 11.8 Å². The van der Waals surface area contributed by atoms with E-state index in [2.05, 4.69) is 43.2 Å². The number of nitrogens with zero attached hydrogens (tertiary/aromatic N) is 1. The summed E-state index contributed by atoms with van der Waals surface area (Å²) in [6.45, 7) is 7.72. The number of aromatic nitrogens is 1. The van der Waals surface area contributed by atoms with Crippen LogP contribution in [-0.2, 0) is 5.75 Å². The van der Waals surface area contributed by atoms with Gasteiger partial charge in [-0.3, -0.25) is 0 Å². The molecule has 96 valence electrons.